The third-order valence-corrected chi connectivity index (χ3v) is 9.96. The Hall–Kier alpha value is -3.97. The van der Waals surface area contributed by atoms with E-state index in [9.17, 15) is 32.7 Å². The highest BCUT2D eigenvalue weighted by Gasteiger charge is 2.39. The molecule has 3 amide bonds. The van der Waals surface area contributed by atoms with Gasteiger partial charge in [-0.15, -0.1) is 0 Å². The second kappa shape index (κ2) is 15.2. The first-order valence-corrected chi connectivity index (χ1v) is 16.4. The standard InChI is InChI=1S/C31H40N4O8S/c36-27(12-11-26(29(38)39)33-44(41,42)25-9-5-2-6-10-25)34-19-14-31(15-20-34)16-21-35(22-17-31)28(37)13-18-32-30(40)43-23-24-7-3-1-4-8-24/h1-10,26,33H,11-23H2,(H,32,40)(H,38,39). The SMILES string of the molecule is O=C(NCCC(=O)N1CCC2(CC1)CCN(C(=O)CCC(NS(=O)(=O)c1ccccc1)C(=O)O)CC2)OCc1ccccc1. The number of sulfonamides is 1. The van der Waals surface area contributed by atoms with Crippen LogP contribution in [0.1, 0.15) is 50.5 Å². The molecule has 3 N–H and O–H groups in total. The number of benzene rings is 2. The van der Waals surface area contributed by atoms with Crippen LogP contribution in [-0.2, 0) is 35.8 Å². The molecule has 2 aliphatic heterocycles. The third-order valence-electron chi connectivity index (χ3n) is 8.47. The Balaban J connectivity index is 1.14. The molecule has 2 saturated heterocycles. The van der Waals surface area contributed by atoms with Crippen molar-refractivity contribution in [2.75, 3.05) is 32.7 Å². The van der Waals surface area contributed by atoms with E-state index in [2.05, 4.69) is 10.0 Å². The topological polar surface area (TPSA) is 162 Å². The second-order valence-electron chi connectivity index (χ2n) is 11.4. The van der Waals surface area contributed by atoms with E-state index < -0.39 is 28.1 Å². The van der Waals surface area contributed by atoms with Crippen molar-refractivity contribution >= 4 is 33.9 Å². The number of likely N-dealkylation sites (tertiary alicyclic amines) is 2. The lowest BCUT2D eigenvalue weighted by Crippen LogP contribution is -2.50. The van der Waals surface area contributed by atoms with Gasteiger partial charge in [0.2, 0.25) is 21.8 Å². The number of carbonyl (C=O) groups is 4. The van der Waals surface area contributed by atoms with Gasteiger partial charge < -0.3 is 25.0 Å². The Morgan fingerprint density at radius 3 is 1.89 bits per heavy atom. The van der Waals surface area contributed by atoms with Crippen LogP contribution in [0.4, 0.5) is 4.79 Å². The summed E-state index contributed by atoms with van der Waals surface area (Å²) in [5, 5.41) is 12.2. The van der Waals surface area contributed by atoms with Gasteiger partial charge in [0.15, 0.2) is 0 Å². The van der Waals surface area contributed by atoms with Crippen LogP contribution in [0.2, 0.25) is 0 Å². The summed E-state index contributed by atoms with van der Waals surface area (Å²) in [5.74, 6) is -1.56. The number of hydrogen-bond acceptors (Lipinski definition) is 7. The fraction of sp³-hybridized carbons (Fsp3) is 0.484. The maximum absolute atomic E-state index is 12.9. The number of carbonyl (C=O) groups excluding carboxylic acids is 3. The number of aliphatic carboxylic acids is 1. The average Bonchev–Trinajstić information content (AvgIpc) is 3.03. The molecular formula is C31H40N4O8S. The Bertz CT molecular complexity index is 1390. The van der Waals surface area contributed by atoms with Crippen LogP contribution in [0.25, 0.3) is 0 Å². The lowest BCUT2D eigenvalue weighted by atomic mass is 9.71. The molecule has 2 aromatic rings. The summed E-state index contributed by atoms with van der Waals surface area (Å²) >= 11 is 0. The van der Waals surface area contributed by atoms with E-state index in [-0.39, 0.29) is 54.5 Å². The van der Waals surface area contributed by atoms with Crippen LogP contribution in [0, 0.1) is 5.41 Å². The highest BCUT2D eigenvalue weighted by atomic mass is 32.2. The number of nitrogens with one attached hydrogen (secondary N) is 2. The van der Waals surface area contributed by atoms with Gasteiger partial charge in [0, 0.05) is 45.6 Å². The largest absolute Gasteiger partial charge is 0.480 e. The van der Waals surface area contributed by atoms with Gasteiger partial charge in [-0.25, -0.2) is 13.2 Å². The minimum Gasteiger partial charge on any atom is -0.480 e. The van der Waals surface area contributed by atoms with Crippen molar-refractivity contribution < 1.29 is 37.4 Å². The van der Waals surface area contributed by atoms with E-state index in [1.54, 1.807) is 23.1 Å². The van der Waals surface area contributed by atoms with Crippen molar-refractivity contribution in [1.82, 2.24) is 19.8 Å². The molecule has 0 bridgehead atoms. The highest BCUT2D eigenvalue weighted by molar-refractivity contribution is 7.89. The van der Waals surface area contributed by atoms with Crippen molar-refractivity contribution in [3.8, 4) is 0 Å². The van der Waals surface area contributed by atoms with Gasteiger partial charge in [-0.1, -0.05) is 48.5 Å². The first kappa shape index (κ1) is 32.9. The number of carboxylic acids is 1. The molecule has 44 heavy (non-hydrogen) atoms. The number of hydrogen-bond donors (Lipinski definition) is 3. The summed E-state index contributed by atoms with van der Waals surface area (Å²) in [7, 11) is -4.04. The second-order valence-corrected chi connectivity index (χ2v) is 13.1. The molecule has 0 saturated carbocycles. The summed E-state index contributed by atoms with van der Waals surface area (Å²) in [4.78, 5) is 52.8. The zero-order chi connectivity index (χ0) is 31.6. The molecule has 0 aliphatic carbocycles. The molecule has 1 atom stereocenters. The normalized spacial score (nSPS) is 17.1. The van der Waals surface area contributed by atoms with E-state index in [4.69, 9.17) is 4.74 Å². The molecular weight excluding hydrogens is 588 g/mol. The molecule has 4 rings (SSSR count). The summed E-state index contributed by atoms with van der Waals surface area (Å²) in [5.41, 5.74) is 0.926. The predicted molar refractivity (Wildman–Crippen MR) is 161 cm³/mol. The number of piperidine rings is 2. The van der Waals surface area contributed by atoms with Crippen LogP contribution >= 0.6 is 0 Å². The number of alkyl carbamates (subject to hydrolysis) is 1. The minimum atomic E-state index is -4.04. The van der Waals surface area contributed by atoms with E-state index in [0.717, 1.165) is 31.2 Å². The quantitative estimate of drug-likeness (QED) is 0.323. The van der Waals surface area contributed by atoms with Gasteiger partial charge in [-0.05, 0) is 55.2 Å². The predicted octanol–water partition coefficient (Wildman–Crippen LogP) is 2.75. The van der Waals surface area contributed by atoms with E-state index in [1.165, 1.54) is 12.1 Å². The van der Waals surface area contributed by atoms with Crippen molar-refractivity contribution in [3.63, 3.8) is 0 Å². The molecule has 0 aromatic heterocycles. The fourth-order valence-electron chi connectivity index (χ4n) is 5.68. The maximum Gasteiger partial charge on any atom is 0.407 e. The number of nitrogens with zero attached hydrogens (tertiary/aromatic N) is 2. The molecule has 0 radical (unpaired) electrons. The summed E-state index contributed by atoms with van der Waals surface area (Å²) < 4.78 is 32.5. The van der Waals surface area contributed by atoms with Crippen LogP contribution in [0.5, 0.6) is 0 Å². The van der Waals surface area contributed by atoms with Gasteiger partial charge in [0.05, 0.1) is 4.90 Å². The molecule has 2 aromatic carbocycles. The monoisotopic (exact) mass is 628 g/mol. The van der Waals surface area contributed by atoms with Crippen molar-refractivity contribution in [1.29, 1.82) is 0 Å². The number of rotatable bonds is 12. The van der Waals surface area contributed by atoms with Crippen molar-refractivity contribution in [2.24, 2.45) is 5.41 Å². The molecule has 2 heterocycles. The molecule has 1 spiro atoms. The summed E-state index contributed by atoms with van der Waals surface area (Å²) in [6.07, 6.45) is 2.63. The zero-order valence-corrected chi connectivity index (χ0v) is 25.5. The molecule has 2 fully saturated rings. The van der Waals surface area contributed by atoms with Gasteiger partial charge in [-0.3, -0.25) is 14.4 Å². The maximum atomic E-state index is 12.9. The Morgan fingerprint density at radius 1 is 0.818 bits per heavy atom. The average molecular weight is 629 g/mol. The van der Waals surface area contributed by atoms with Crippen LogP contribution in [-0.4, -0.2) is 86.0 Å². The van der Waals surface area contributed by atoms with Gasteiger partial charge in [0.25, 0.3) is 0 Å². The Morgan fingerprint density at radius 2 is 1.34 bits per heavy atom. The number of carboxylic acid groups (broad SMARTS) is 1. The Labute approximate surface area is 257 Å². The minimum absolute atomic E-state index is 0.0216. The third kappa shape index (κ3) is 9.26. The highest BCUT2D eigenvalue weighted by Crippen LogP contribution is 2.41. The number of amides is 3. The molecule has 238 valence electrons. The van der Waals surface area contributed by atoms with Gasteiger partial charge >= 0.3 is 12.1 Å². The van der Waals surface area contributed by atoms with E-state index in [1.807, 2.05) is 35.2 Å². The fourth-order valence-corrected chi connectivity index (χ4v) is 6.92. The first-order valence-electron chi connectivity index (χ1n) is 14.9. The molecule has 13 heteroatoms. The molecule has 1 unspecified atom stereocenters. The van der Waals surface area contributed by atoms with Gasteiger partial charge in [-0.2, -0.15) is 4.72 Å². The van der Waals surface area contributed by atoms with Crippen molar-refractivity contribution in [3.05, 3.63) is 66.2 Å². The summed E-state index contributed by atoms with van der Waals surface area (Å²) in [6.45, 7) is 2.67. The van der Waals surface area contributed by atoms with E-state index in [0.29, 0.717) is 26.2 Å². The zero-order valence-electron chi connectivity index (χ0n) is 24.7. The van der Waals surface area contributed by atoms with Crippen molar-refractivity contribution in [2.45, 2.75) is 62.5 Å². The van der Waals surface area contributed by atoms with Crippen LogP contribution < -0.4 is 10.0 Å². The van der Waals surface area contributed by atoms with Crippen LogP contribution in [0.15, 0.2) is 65.6 Å². The van der Waals surface area contributed by atoms with Gasteiger partial charge in [0.1, 0.15) is 12.6 Å². The lowest BCUT2D eigenvalue weighted by molar-refractivity contribution is -0.139. The lowest BCUT2D eigenvalue weighted by Gasteiger charge is -2.47. The van der Waals surface area contributed by atoms with E-state index >= 15 is 0 Å². The Kier molecular flexibility index (Phi) is 11.3. The molecule has 2 aliphatic rings. The molecule has 12 nitrogen and oxygen atoms in total. The summed E-state index contributed by atoms with van der Waals surface area (Å²) in [6, 6.07) is 15.4. The first-order chi connectivity index (χ1) is 21.1. The number of ether oxygens (including phenoxy) is 1. The smallest absolute Gasteiger partial charge is 0.407 e. The van der Waals surface area contributed by atoms with Crippen LogP contribution in [0.3, 0.4) is 0 Å².